The topological polar surface area (TPSA) is 78.0 Å². The highest BCUT2D eigenvalue weighted by atomic mass is 32.2. The van der Waals surface area contributed by atoms with Crippen LogP contribution >= 0.6 is 0 Å². The minimum atomic E-state index is -3.52. The lowest BCUT2D eigenvalue weighted by Crippen LogP contribution is -2.10. The summed E-state index contributed by atoms with van der Waals surface area (Å²) in [6, 6.07) is 13.6. The van der Waals surface area contributed by atoms with E-state index in [1.807, 2.05) is 6.07 Å². The Kier molecular flexibility index (Phi) is 3.23. The summed E-state index contributed by atoms with van der Waals surface area (Å²) in [6.45, 7) is 0. The quantitative estimate of drug-likeness (QED) is 0.805. The number of nitrogens with zero attached hydrogens (tertiary/aromatic N) is 2. The van der Waals surface area contributed by atoms with Crippen LogP contribution in [0, 0.1) is 0 Å². The van der Waals surface area contributed by atoms with Crippen molar-refractivity contribution in [2.24, 2.45) is 0 Å². The Morgan fingerprint density at radius 2 is 1.52 bits per heavy atom. The number of nitrogens with two attached hydrogens (primary N) is 1. The van der Waals surface area contributed by atoms with Gasteiger partial charge in [0.1, 0.15) is 5.82 Å². The second kappa shape index (κ2) is 5.06. The Balaban J connectivity index is 1.96. The molecule has 2 aromatic heterocycles. The largest absolute Gasteiger partial charge is 0.384 e. The second-order valence-electron chi connectivity index (χ2n) is 4.51. The van der Waals surface area contributed by atoms with E-state index in [4.69, 9.17) is 5.73 Å². The van der Waals surface area contributed by atoms with E-state index in [0.717, 1.165) is 11.1 Å². The first-order valence-corrected chi connectivity index (χ1v) is 7.72. The third kappa shape index (κ3) is 2.53. The van der Waals surface area contributed by atoms with Crippen LogP contribution in [0.3, 0.4) is 0 Å². The monoisotopic (exact) mass is 299 g/mol. The van der Waals surface area contributed by atoms with E-state index in [1.54, 1.807) is 48.7 Å². The van der Waals surface area contributed by atoms with Crippen molar-refractivity contribution in [1.29, 1.82) is 0 Å². The fourth-order valence-electron chi connectivity index (χ4n) is 2.00. The molecule has 3 rings (SSSR count). The molecule has 1 aromatic carbocycles. The summed E-state index contributed by atoms with van der Waals surface area (Å²) in [7, 11) is -3.52. The van der Waals surface area contributed by atoms with Crippen LogP contribution in [0.2, 0.25) is 0 Å². The molecule has 0 saturated heterocycles. The molecule has 6 heteroatoms. The van der Waals surface area contributed by atoms with Crippen LogP contribution in [0.4, 0.5) is 5.82 Å². The number of aromatic nitrogens is 2. The predicted octanol–water partition coefficient (Wildman–Crippen LogP) is 2.37. The van der Waals surface area contributed by atoms with E-state index >= 15 is 0 Å². The van der Waals surface area contributed by atoms with Crippen molar-refractivity contribution in [3.05, 3.63) is 67.1 Å². The predicted molar refractivity (Wildman–Crippen MR) is 81.1 cm³/mol. The first-order chi connectivity index (χ1) is 10.1. The highest BCUT2D eigenvalue weighted by molar-refractivity contribution is 7.90. The summed E-state index contributed by atoms with van der Waals surface area (Å²) in [5.74, 6) is 0.450. The Bertz CT molecular complexity index is 837. The zero-order chi connectivity index (χ0) is 14.9. The Morgan fingerprint density at radius 3 is 2.10 bits per heavy atom. The van der Waals surface area contributed by atoms with E-state index < -0.39 is 10.0 Å². The Morgan fingerprint density at radius 1 is 0.905 bits per heavy atom. The Labute approximate surface area is 122 Å². The summed E-state index contributed by atoms with van der Waals surface area (Å²) in [6.07, 6.45) is 4.67. The minimum absolute atomic E-state index is 0.242. The lowest BCUT2D eigenvalue weighted by molar-refractivity contribution is 0.587. The normalized spacial score (nSPS) is 11.4. The number of pyridine rings is 1. The van der Waals surface area contributed by atoms with Crippen molar-refractivity contribution in [1.82, 2.24) is 8.96 Å². The third-order valence-electron chi connectivity index (χ3n) is 3.13. The van der Waals surface area contributed by atoms with Gasteiger partial charge in [-0.15, -0.1) is 0 Å². The second-order valence-corrected chi connectivity index (χ2v) is 6.36. The maximum Gasteiger partial charge on any atom is 0.267 e. The Hall–Kier alpha value is -2.60. The van der Waals surface area contributed by atoms with E-state index in [0.29, 0.717) is 5.82 Å². The van der Waals surface area contributed by atoms with E-state index in [-0.39, 0.29) is 4.90 Å². The van der Waals surface area contributed by atoms with Crippen molar-refractivity contribution < 1.29 is 8.42 Å². The average molecular weight is 299 g/mol. The van der Waals surface area contributed by atoms with Crippen LogP contribution in [0.25, 0.3) is 11.1 Å². The average Bonchev–Trinajstić information content (AvgIpc) is 3.03. The molecule has 2 heterocycles. The van der Waals surface area contributed by atoms with Crippen molar-refractivity contribution in [3.8, 4) is 11.1 Å². The molecule has 2 N–H and O–H groups in total. The first-order valence-electron chi connectivity index (χ1n) is 6.28. The summed E-state index contributed by atoms with van der Waals surface area (Å²) in [5, 5.41) is 0. The molecule has 0 amide bonds. The summed E-state index contributed by atoms with van der Waals surface area (Å²) < 4.78 is 25.8. The molecule has 0 aliphatic carbocycles. The molecule has 0 spiro atoms. The molecule has 0 aliphatic rings. The standard InChI is InChI=1S/C15H13N3O2S/c16-15-8-5-13(11-17-15)12-3-6-14(7-4-12)21(19,20)18-9-1-2-10-18/h1-11H,(H2,16,17). The molecule has 106 valence electrons. The smallest absolute Gasteiger partial charge is 0.267 e. The van der Waals surface area contributed by atoms with Gasteiger partial charge in [-0.25, -0.2) is 17.4 Å². The number of benzene rings is 1. The highest BCUT2D eigenvalue weighted by Crippen LogP contribution is 2.22. The number of nitrogen functional groups attached to an aromatic ring is 1. The molecular weight excluding hydrogens is 286 g/mol. The van der Waals surface area contributed by atoms with Crippen molar-refractivity contribution in [2.45, 2.75) is 4.90 Å². The highest BCUT2D eigenvalue weighted by Gasteiger charge is 2.15. The molecule has 0 aliphatic heterocycles. The van der Waals surface area contributed by atoms with Crippen molar-refractivity contribution in [3.63, 3.8) is 0 Å². The van der Waals surface area contributed by atoms with Gasteiger partial charge >= 0.3 is 0 Å². The van der Waals surface area contributed by atoms with Gasteiger partial charge in [0.25, 0.3) is 10.0 Å². The molecule has 0 saturated carbocycles. The molecular formula is C15H13N3O2S. The molecule has 0 bridgehead atoms. The van der Waals surface area contributed by atoms with E-state index in [9.17, 15) is 8.42 Å². The maximum atomic E-state index is 12.3. The SMILES string of the molecule is Nc1ccc(-c2ccc(S(=O)(=O)n3cccc3)cc2)cn1. The molecule has 0 radical (unpaired) electrons. The van der Waals surface area contributed by atoms with Gasteiger partial charge in [0.15, 0.2) is 0 Å². The lowest BCUT2D eigenvalue weighted by Gasteiger charge is -2.07. The number of hydrogen-bond donors (Lipinski definition) is 1. The number of anilines is 1. The van der Waals surface area contributed by atoms with Crippen LogP contribution in [-0.4, -0.2) is 17.4 Å². The molecule has 3 aromatic rings. The van der Waals surface area contributed by atoms with Gasteiger partial charge in [-0.05, 0) is 42.0 Å². The van der Waals surface area contributed by atoms with Gasteiger partial charge in [0.05, 0.1) is 4.90 Å². The molecule has 21 heavy (non-hydrogen) atoms. The molecule has 5 nitrogen and oxygen atoms in total. The van der Waals surface area contributed by atoms with E-state index in [2.05, 4.69) is 4.98 Å². The molecule has 0 fully saturated rings. The summed E-state index contributed by atoms with van der Waals surface area (Å²) in [5.41, 5.74) is 7.31. The van der Waals surface area contributed by atoms with Crippen molar-refractivity contribution >= 4 is 15.8 Å². The summed E-state index contributed by atoms with van der Waals surface area (Å²) in [4.78, 5) is 4.26. The zero-order valence-corrected chi connectivity index (χ0v) is 11.9. The fraction of sp³-hybridized carbons (Fsp3) is 0. The first kappa shape index (κ1) is 13.4. The van der Waals surface area contributed by atoms with Crippen LogP contribution < -0.4 is 5.73 Å². The van der Waals surface area contributed by atoms with Gasteiger partial charge in [-0.3, -0.25) is 0 Å². The maximum absolute atomic E-state index is 12.3. The lowest BCUT2D eigenvalue weighted by atomic mass is 10.1. The third-order valence-corrected chi connectivity index (χ3v) is 4.79. The fourth-order valence-corrected chi connectivity index (χ4v) is 3.18. The van der Waals surface area contributed by atoms with E-state index in [1.165, 1.54) is 16.4 Å². The van der Waals surface area contributed by atoms with Crippen LogP contribution in [-0.2, 0) is 10.0 Å². The van der Waals surface area contributed by atoms with Gasteiger partial charge in [-0.2, -0.15) is 0 Å². The minimum Gasteiger partial charge on any atom is -0.384 e. The molecule has 0 unspecified atom stereocenters. The number of rotatable bonds is 3. The van der Waals surface area contributed by atoms with Crippen LogP contribution in [0.15, 0.2) is 72.0 Å². The van der Waals surface area contributed by atoms with Gasteiger partial charge in [-0.1, -0.05) is 12.1 Å². The number of hydrogen-bond acceptors (Lipinski definition) is 4. The van der Waals surface area contributed by atoms with Gasteiger partial charge in [0.2, 0.25) is 0 Å². The zero-order valence-electron chi connectivity index (χ0n) is 11.0. The summed E-state index contributed by atoms with van der Waals surface area (Å²) >= 11 is 0. The van der Waals surface area contributed by atoms with Gasteiger partial charge < -0.3 is 5.73 Å². The molecule has 0 atom stereocenters. The van der Waals surface area contributed by atoms with Gasteiger partial charge in [0, 0.05) is 24.2 Å². The van der Waals surface area contributed by atoms with Crippen LogP contribution in [0.1, 0.15) is 0 Å². The van der Waals surface area contributed by atoms with Crippen molar-refractivity contribution in [2.75, 3.05) is 5.73 Å². The van der Waals surface area contributed by atoms with Crippen LogP contribution in [0.5, 0.6) is 0 Å².